The number of amides is 2. The molecule has 0 bridgehead atoms. The van der Waals surface area contributed by atoms with Crippen molar-refractivity contribution in [2.24, 2.45) is 5.92 Å². The molecule has 0 aliphatic carbocycles. The van der Waals surface area contributed by atoms with Crippen molar-refractivity contribution in [3.8, 4) is 0 Å². The molecule has 12 nitrogen and oxygen atoms in total. The van der Waals surface area contributed by atoms with Crippen LogP contribution < -0.4 is 16.2 Å². The number of pyridine rings is 2. The number of rotatable bonds is 11. The Morgan fingerprint density at radius 2 is 2.00 bits per heavy atom. The first-order valence-electron chi connectivity index (χ1n) is 12.5. The molecule has 0 spiro atoms. The Labute approximate surface area is 231 Å². The normalized spacial score (nSPS) is 12.7. The Morgan fingerprint density at radius 3 is 2.65 bits per heavy atom. The summed E-state index contributed by atoms with van der Waals surface area (Å²) in [5, 5.41) is 5.92. The Balaban J connectivity index is 1.86. The van der Waals surface area contributed by atoms with Crippen LogP contribution in [0.15, 0.2) is 34.6 Å². The van der Waals surface area contributed by atoms with Crippen LogP contribution in [-0.4, -0.2) is 59.3 Å². The number of hydrogen-bond acceptors (Lipinski definition) is 8. The third kappa shape index (κ3) is 7.97. The minimum atomic E-state index is -3.35. The van der Waals surface area contributed by atoms with E-state index in [0.717, 1.165) is 25.0 Å². The molecule has 0 aromatic carbocycles. The molecule has 216 valence electrons. The number of halogens is 1. The lowest BCUT2D eigenvalue weighted by atomic mass is 10.1. The van der Waals surface area contributed by atoms with E-state index in [4.69, 9.17) is 0 Å². The number of nitrogens with zero attached hydrogens (tertiary/aromatic N) is 3. The molecule has 3 heterocycles. The number of imidazole rings is 1. The Bertz CT molecular complexity index is 1590. The summed E-state index contributed by atoms with van der Waals surface area (Å²) in [6.45, 7) is 5.73. The van der Waals surface area contributed by atoms with Crippen LogP contribution in [0.2, 0.25) is 0 Å². The van der Waals surface area contributed by atoms with Crippen molar-refractivity contribution in [3.63, 3.8) is 0 Å². The largest absolute Gasteiger partial charge is 0.453 e. The second kappa shape index (κ2) is 12.9. The van der Waals surface area contributed by atoms with E-state index < -0.39 is 39.3 Å². The van der Waals surface area contributed by atoms with Crippen molar-refractivity contribution in [2.45, 2.75) is 52.6 Å². The molecule has 0 aliphatic heterocycles. The van der Waals surface area contributed by atoms with Crippen LogP contribution in [0.25, 0.3) is 11.0 Å². The Morgan fingerprint density at radius 1 is 1.27 bits per heavy atom. The van der Waals surface area contributed by atoms with Gasteiger partial charge in [-0.15, -0.1) is 0 Å². The van der Waals surface area contributed by atoms with Crippen LogP contribution in [0, 0.1) is 18.7 Å². The van der Waals surface area contributed by atoms with E-state index >= 15 is 0 Å². The second-order valence-electron chi connectivity index (χ2n) is 9.79. The maximum Gasteiger partial charge on any atom is 0.407 e. The summed E-state index contributed by atoms with van der Waals surface area (Å²) < 4.78 is 43.0. The Hall–Kier alpha value is -4.07. The van der Waals surface area contributed by atoms with Gasteiger partial charge in [-0.05, 0) is 44.2 Å². The van der Waals surface area contributed by atoms with Gasteiger partial charge < -0.3 is 24.9 Å². The van der Waals surface area contributed by atoms with Crippen molar-refractivity contribution in [2.75, 3.05) is 18.7 Å². The number of methoxy groups -OCH3 is 1. The zero-order chi connectivity index (χ0) is 29.6. The van der Waals surface area contributed by atoms with E-state index in [0.29, 0.717) is 29.1 Å². The fourth-order valence-electron chi connectivity index (χ4n) is 3.99. The topological polar surface area (TPSA) is 165 Å². The lowest BCUT2D eigenvalue weighted by molar-refractivity contribution is -0.118. The summed E-state index contributed by atoms with van der Waals surface area (Å²) in [4.78, 5) is 49.7. The first-order chi connectivity index (χ1) is 18.8. The van der Waals surface area contributed by atoms with E-state index in [2.05, 4.69) is 30.3 Å². The molecule has 2 amide bonds. The van der Waals surface area contributed by atoms with E-state index in [1.807, 2.05) is 13.8 Å². The quantitative estimate of drug-likeness (QED) is 0.313. The summed E-state index contributed by atoms with van der Waals surface area (Å²) in [5.74, 6) is -0.652. The molecule has 0 saturated heterocycles. The zero-order valence-electron chi connectivity index (χ0n) is 22.9. The molecule has 3 aromatic heterocycles. The number of ether oxygens (including phenoxy) is 1. The first kappa shape index (κ1) is 30.5. The van der Waals surface area contributed by atoms with Gasteiger partial charge in [0.15, 0.2) is 15.7 Å². The predicted molar refractivity (Wildman–Crippen MR) is 148 cm³/mol. The van der Waals surface area contributed by atoms with E-state index in [1.165, 1.54) is 16.7 Å². The highest BCUT2D eigenvalue weighted by atomic mass is 32.2. The minimum absolute atomic E-state index is 0.0241. The number of alkyl carbamates (subject to hydrolysis) is 1. The van der Waals surface area contributed by atoms with Gasteiger partial charge in [-0.1, -0.05) is 19.9 Å². The highest BCUT2D eigenvalue weighted by Crippen LogP contribution is 2.21. The van der Waals surface area contributed by atoms with Gasteiger partial charge in [0.1, 0.15) is 23.1 Å². The monoisotopic (exact) mass is 576 g/mol. The molecule has 3 rings (SSSR count). The van der Waals surface area contributed by atoms with Gasteiger partial charge in [-0.3, -0.25) is 14.6 Å². The van der Waals surface area contributed by atoms with Crippen molar-refractivity contribution in [1.82, 2.24) is 24.8 Å². The standard InChI is InChI=1S/C26H33FN6O6S/c1-15(2)12-20-23-22(17(27)13-28-20)31-21(32-23)14-33-16(3)9-10-19(25(33)35)29-24(34)18(30-26(36)39-4)8-6-7-11-40(5,37)38/h7,9-11,13,15,18H,6,8,12,14H2,1-5H3,(H,29,34)(H,30,36)(H,31,32)/b11-7+/t18-/m0/s1. The number of fused-ring (bicyclic) bond motifs is 1. The van der Waals surface area contributed by atoms with Crippen LogP contribution in [0.5, 0.6) is 0 Å². The number of aromatic amines is 1. The Kier molecular flexibility index (Phi) is 9.79. The molecular weight excluding hydrogens is 543 g/mol. The number of nitrogens with one attached hydrogen (secondary N) is 3. The number of hydrogen-bond donors (Lipinski definition) is 3. The second-order valence-corrected chi connectivity index (χ2v) is 11.7. The average molecular weight is 577 g/mol. The molecular formula is C26H33FN6O6S. The van der Waals surface area contributed by atoms with E-state index in [9.17, 15) is 27.2 Å². The molecule has 0 saturated carbocycles. The van der Waals surface area contributed by atoms with Crippen LogP contribution in [0.1, 0.15) is 43.9 Å². The van der Waals surface area contributed by atoms with Crippen LogP contribution >= 0.6 is 0 Å². The van der Waals surface area contributed by atoms with Gasteiger partial charge in [-0.2, -0.15) is 0 Å². The third-order valence-corrected chi connectivity index (χ3v) is 6.61. The number of aromatic nitrogens is 4. The number of carbonyl (C=O) groups is 2. The number of allylic oxidation sites excluding steroid dienone is 1. The lowest BCUT2D eigenvalue weighted by Crippen LogP contribution is -2.44. The molecule has 0 aliphatic rings. The maximum atomic E-state index is 14.4. The highest BCUT2D eigenvalue weighted by molar-refractivity contribution is 7.93. The van der Waals surface area contributed by atoms with Crippen LogP contribution in [0.4, 0.5) is 14.9 Å². The highest BCUT2D eigenvalue weighted by Gasteiger charge is 2.22. The smallest absolute Gasteiger partial charge is 0.407 e. The summed E-state index contributed by atoms with van der Waals surface area (Å²) in [6.07, 6.45) is 3.49. The van der Waals surface area contributed by atoms with Crippen LogP contribution in [-0.2, 0) is 32.3 Å². The predicted octanol–water partition coefficient (Wildman–Crippen LogP) is 2.82. The molecule has 1 atom stereocenters. The molecule has 0 radical (unpaired) electrons. The lowest BCUT2D eigenvalue weighted by Gasteiger charge is -2.18. The van der Waals surface area contributed by atoms with Crippen molar-refractivity contribution in [3.05, 3.63) is 63.2 Å². The number of anilines is 1. The summed E-state index contributed by atoms with van der Waals surface area (Å²) in [7, 11) is -2.21. The molecule has 0 fully saturated rings. The number of aryl methyl sites for hydroxylation is 1. The fraction of sp³-hybridized carbons (Fsp3) is 0.423. The molecule has 3 N–H and O–H groups in total. The number of sulfone groups is 1. The van der Waals surface area contributed by atoms with Gasteiger partial charge in [0.25, 0.3) is 5.56 Å². The van der Waals surface area contributed by atoms with Gasteiger partial charge in [0.05, 0.1) is 31.1 Å². The van der Waals surface area contributed by atoms with Crippen LogP contribution in [0.3, 0.4) is 0 Å². The van der Waals surface area contributed by atoms with E-state index in [-0.39, 0.29) is 36.5 Å². The number of carbonyl (C=O) groups excluding carboxylic acids is 2. The fourth-order valence-corrected chi connectivity index (χ4v) is 4.47. The number of H-pyrrole nitrogens is 1. The average Bonchev–Trinajstić information content (AvgIpc) is 3.31. The molecule has 14 heteroatoms. The van der Waals surface area contributed by atoms with Gasteiger partial charge in [0.2, 0.25) is 5.91 Å². The van der Waals surface area contributed by atoms with E-state index in [1.54, 1.807) is 13.0 Å². The van der Waals surface area contributed by atoms with Gasteiger partial charge in [0, 0.05) is 17.4 Å². The SMILES string of the molecule is COC(=O)N[C@@H](CC/C=C/S(C)(=O)=O)C(=O)Nc1ccc(C)n(Cc2nc3c(F)cnc(CC(C)C)c3[nH]2)c1=O. The van der Waals surface area contributed by atoms with Crippen molar-refractivity contribution in [1.29, 1.82) is 0 Å². The van der Waals surface area contributed by atoms with Gasteiger partial charge >= 0.3 is 6.09 Å². The minimum Gasteiger partial charge on any atom is -0.453 e. The maximum absolute atomic E-state index is 14.4. The summed E-state index contributed by atoms with van der Waals surface area (Å²) in [5.41, 5.74) is 1.26. The van der Waals surface area contributed by atoms with Crippen molar-refractivity contribution < 1.29 is 27.1 Å². The van der Waals surface area contributed by atoms with Gasteiger partial charge in [-0.25, -0.2) is 22.6 Å². The summed E-state index contributed by atoms with van der Waals surface area (Å²) >= 11 is 0. The first-order valence-corrected chi connectivity index (χ1v) is 14.5. The molecule has 40 heavy (non-hydrogen) atoms. The zero-order valence-corrected chi connectivity index (χ0v) is 23.8. The summed E-state index contributed by atoms with van der Waals surface area (Å²) in [6, 6.07) is 1.95. The third-order valence-electron chi connectivity index (χ3n) is 5.92. The van der Waals surface area contributed by atoms with Crippen molar-refractivity contribution >= 4 is 38.6 Å². The molecule has 3 aromatic rings. The molecule has 0 unspecified atom stereocenters.